The van der Waals surface area contributed by atoms with Crippen molar-refractivity contribution in [1.82, 2.24) is 9.55 Å². The number of hydrogen-bond acceptors (Lipinski definition) is 2. The molecular weight excluding hydrogens is 365 g/mol. The normalized spacial score (nSPS) is 10.7. The number of hydrogen-bond donors (Lipinski definition) is 1. The molecule has 3 rings (SSSR count). The van der Waals surface area contributed by atoms with Gasteiger partial charge in [0.1, 0.15) is 0 Å². The molecule has 0 saturated heterocycles. The number of nitrogens with zero attached hydrogens (tertiary/aromatic N) is 2. The maximum absolute atomic E-state index is 12.2. The Morgan fingerprint density at radius 2 is 1.95 bits per heavy atom. The monoisotopic (exact) mass is 377 g/mol. The fourth-order valence-electron chi connectivity index (χ4n) is 2.01. The zero-order valence-corrected chi connectivity index (χ0v) is 13.0. The van der Waals surface area contributed by atoms with Gasteiger partial charge in [-0.1, -0.05) is 0 Å². The first-order chi connectivity index (χ1) is 9.63. The standard InChI is InChI=1S/C15H12IN3O/c1-19-9-17-13-8-10(2-7-14(13)19)15(20)18-12-5-3-11(16)4-6-12/h2-9H,1H3,(H,18,20). The highest BCUT2D eigenvalue weighted by Gasteiger charge is 2.08. The van der Waals surface area contributed by atoms with Gasteiger partial charge >= 0.3 is 0 Å². The predicted octanol–water partition coefficient (Wildman–Crippen LogP) is 3.43. The van der Waals surface area contributed by atoms with Crippen LogP contribution >= 0.6 is 22.6 Å². The van der Waals surface area contributed by atoms with E-state index in [1.165, 1.54) is 0 Å². The second-order valence-electron chi connectivity index (χ2n) is 4.52. The Morgan fingerprint density at radius 1 is 1.20 bits per heavy atom. The Bertz CT molecular complexity index is 777. The van der Waals surface area contributed by atoms with E-state index in [2.05, 4.69) is 32.9 Å². The molecule has 0 radical (unpaired) electrons. The zero-order chi connectivity index (χ0) is 14.1. The zero-order valence-electron chi connectivity index (χ0n) is 10.8. The number of anilines is 1. The Morgan fingerprint density at radius 3 is 2.70 bits per heavy atom. The number of benzene rings is 2. The predicted molar refractivity (Wildman–Crippen MR) is 87.8 cm³/mol. The fraction of sp³-hybridized carbons (Fsp3) is 0.0667. The maximum Gasteiger partial charge on any atom is 0.255 e. The van der Waals surface area contributed by atoms with Gasteiger partial charge in [-0.3, -0.25) is 4.79 Å². The average Bonchev–Trinajstić information content (AvgIpc) is 2.82. The van der Waals surface area contributed by atoms with E-state index in [0.717, 1.165) is 20.3 Å². The van der Waals surface area contributed by atoms with Crippen molar-refractivity contribution >= 4 is 45.2 Å². The van der Waals surface area contributed by atoms with Crippen LogP contribution in [0.4, 0.5) is 5.69 Å². The summed E-state index contributed by atoms with van der Waals surface area (Å²) >= 11 is 2.23. The summed E-state index contributed by atoms with van der Waals surface area (Å²) in [5, 5.41) is 2.88. The molecule has 0 bridgehead atoms. The molecule has 1 N–H and O–H groups in total. The number of fused-ring (bicyclic) bond motifs is 1. The number of aromatic nitrogens is 2. The van der Waals surface area contributed by atoms with Gasteiger partial charge in [0.25, 0.3) is 5.91 Å². The average molecular weight is 377 g/mol. The number of imidazole rings is 1. The van der Waals surface area contributed by atoms with Gasteiger partial charge in [0.05, 0.1) is 17.4 Å². The van der Waals surface area contributed by atoms with E-state index < -0.39 is 0 Å². The summed E-state index contributed by atoms with van der Waals surface area (Å²) in [7, 11) is 1.93. The molecule has 0 aliphatic heterocycles. The van der Waals surface area contributed by atoms with Gasteiger partial charge in [0.2, 0.25) is 0 Å². The van der Waals surface area contributed by atoms with E-state index in [4.69, 9.17) is 0 Å². The minimum absolute atomic E-state index is 0.126. The Labute approximate surface area is 130 Å². The number of rotatable bonds is 2. The lowest BCUT2D eigenvalue weighted by molar-refractivity contribution is 0.102. The van der Waals surface area contributed by atoms with Crippen molar-refractivity contribution in [2.24, 2.45) is 7.05 Å². The van der Waals surface area contributed by atoms with Gasteiger partial charge in [-0.05, 0) is 65.1 Å². The van der Waals surface area contributed by atoms with Gasteiger partial charge in [0.15, 0.2) is 0 Å². The van der Waals surface area contributed by atoms with Crippen molar-refractivity contribution in [3.63, 3.8) is 0 Å². The van der Waals surface area contributed by atoms with E-state index in [0.29, 0.717) is 5.56 Å². The van der Waals surface area contributed by atoms with Crippen LogP contribution in [-0.2, 0) is 7.05 Å². The summed E-state index contributed by atoms with van der Waals surface area (Å²) in [5.41, 5.74) is 3.23. The van der Waals surface area contributed by atoms with Crippen molar-refractivity contribution in [3.8, 4) is 0 Å². The summed E-state index contributed by atoms with van der Waals surface area (Å²) in [4.78, 5) is 16.5. The SMILES string of the molecule is Cn1cnc2cc(C(=O)Nc3ccc(I)cc3)ccc21. The van der Waals surface area contributed by atoms with E-state index in [-0.39, 0.29) is 5.91 Å². The van der Waals surface area contributed by atoms with E-state index in [9.17, 15) is 4.79 Å². The number of halogens is 1. The molecule has 0 atom stereocenters. The molecule has 2 aromatic carbocycles. The van der Waals surface area contributed by atoms with Gasteiger partial charge in [-0.2, -0.15) is 0 Å². The first kappa shape index (κ1) is 13.1. The van der Waals surface area contributed by atoms with Crippen LogP contribution in [0.1, 0.15) is 10.4 Å². The van der Waals surface area contributed by atoms with Crippen LogP contribution in [0.15, 0.2) is 48.8 Å². The Kier molecular flexibility index (Phi) is 3.43. The summed E-state index contributed by atoms with van der Waals surface area (Å²) < 4.78 is 3.06. The molecule has 20 heavy (non-hydrogen) atoms. The fourth-order valence-corrected chi connectivity index (χ4v) is 2.37. The van der Waals surface area contributed by atoms with Gasteiger partial charge in [-0.25, -0.2) is 4.98 Å². The number of nitrogens with one attached hydrogen (secondary N) is 1. The van der Waals surface area contributed by atoms with Gasteiger partial charge in [-0.15, -0.1) is 0 Å². The molecule has 1 heterocycles. The Balaban J connectivity index is 1.86. The third-order valence-corrected chi connectivity index (χ3v) is 3.81. The quantitative estimate of drug-likeness (QED) is 0.696. The van der Waals surface area contributed by atoms with Crippen LogP contribution in [0.25, 0.3) is 11.0 Å². The molecule has 5 heteroatoms. The third-order valence-electron chi connectivity index (χ3n) is 3.09. The van der Waals surface area contributed by atoms with Crippen molar-refractivity contribution in [2.45, 2.75) is 0 Å². The lowest BCUT2D eigenvalue weighted by Crippen LogP contribution is -2.11. The highest BCUT2D eigenvalue weighted by atomic mass is 127. The van der Waals surface area contributed by atoms with E-state index in [1.54, 1.807) is 12.4 Å². The molecule has 0 fully saturated rings. The molecule has 3 aromatic rings. The highest BCUT2D eigenvalue weighted by molar-refractivity contribution is 14.1. The smallest absolute Gasteiger partial charge is 0.255 e. The minimum atomic E-state index is -0.126. The lowest BCUT2D eigenvalue weighted by Gasteiger charge is -2.05. The largest absolute Gasteiger partial charge is 0.334 e. The number of carbonyl (C=O) groups is 1. The molecule has 1 amide bonds. The second kappa shape index (κ2) is 5.24. The first-order valence-corrected chi connectivity index (χ1v) is 7.19. The number of amides is 1. The van der Waals surface area contributed by atoms with Crippen LogP contribution in [-0.4, -0.2) is 15.5 Å². The maximum atomic E-state index is 12.2. The molecule has 0 aliphatic carbocycles. The summed E-state index contributed by atoms with van der Waals surface area (Å²) in [6.07, 6.45) is 1.74. The molecule has 4 nitrogen and oxygen atoms in total. The number of aryl methyl sites for hydroxylation is 1. The van der Waals surface area contributed by atoms with Crippen LogP contribution < -0.4 is 5.32 Å². The summed E-state index contributed by atoms with van der Waals surface area (Å²) in [6, 6.07) is 13.2. The molecule has 0 saturated carbocycles. The van der Waals surface area contributed by atoms with Crippen LogP contribution in [0.5, 0.6) is 0 Å². The minimum Gasteiger partial charge on any atom is -0.334 e. The summed E-state index contributed by atoms with van der Waals surface area (Å²) in [6.45, 7) is 0. The van der Waals surface area contributed by atoms with E-state index >= 15 is 0 Å². The van der Waals surface area contributed by atoms with E-state index in [1.807, 2.05) is 48.0 Å². The number of carbonyl (C=O) groups excluding carboxylic acids is 1. The molecule has 0 spiro atoms. The molecule has 0 unspecified atom stereocenters. The lowest BCUT2D eigenvalue weighted by atomic mass is 10.2. The molecule has 100 valence electrons. The van der Waals surface area contributed by atoms with Crippen molar-refractivity contribution in [2.75, 3.05) is 5.32 Å². The molecule has 1 aromatic heterocycles. The van der Waals surface area contributed by atoms with Crippen molar-refractivity contribution < 1.29 is 4.79 Å². The van der Waals surface area contributed by atoms with Crippen molar-refractivity contribution in [1.29, 1.82) is 0 Å². The third kappa shape index (κ3) is 2.53. The van der Waals surface area contributed by atoms with Crippen molar-refractivity contribution in [3.05, 3.63) is 57.9 Å². The topological polar surface area (TPSA) is 46.9 Å². The highest BCUT2D eigenvalue weighted by Crippen LogP contribution is 2.16. The summed E-state index contributed by atoms with van der Waals surface area (Å²) in [5.74, 6) is -0.126. The molecule has 0 aliphatic rings. The first-order valence-electron chi connectivity index (χ1n) is 6.11. The van der Waals surface area contributed by atoms with Crippen LogP contribution in [0, 0.1) is 3.57 Å². The second-order valence-corrected chi connectivity index (χ2v) is 5.77. The van der Waals surface area contributed by atoms with Crippen LogP contribution in [0.2, 0.25) is 0 Å². The molecular formula is C15H12IN3O. The van der Waals surface area contributed by atoms with Gasteiger partial charge < -0.3 is 9.88 Å². The van der Waals surface area contributed by atoms with Gasteiger partial charge in [0, 0.05) is 21.9 Å². The Hall–Kier alpha value is -1.89. The van der Waals surface area contributed by atoms with Crippen LogP contribution in [0.3, 0.4) is 0 Å².